The van der Waals surface area contributed by atoms with Gasteiger partial charge in [-0.25, -0.2) is 0 Å². The minimum atomic E-state index is 0.0611. The van der Waals surface area contributed by atoms with Gasteiger partial charge in [0.1, 0.15) is 0 Å². The Kier molecular flexibility index (Phi) is 6.17. The lowest BCUT2D eigenvalue weighted by molar-refractivity contribution is -0.121. The van der Waals surface area contributed by atoms with Crippen LogP contribution in [0.15, 0.2) is 83.7 Å². The van der Waals surface area contributed by atoms with E-state index in [-0.39, 0.29) is 5.91 Å². The maximum absolute atomic E-state index is 12.3. The molecule has 1 N–H and O–H groups in total. The van der Waals surface area contributed by atoms with E-state index >= 15 is 0 Å². The molecule has 0 spiro atoms. The number of benzene rings is 2. The van der Waals surface area contributed by atoms with Crippen LogP contribution >= 0.6 is 11.3 Å². The molecule has 0 saturated carbocycles. The zero-order valence-electron chi connectivity index (χ0n) is 16.1. The molecule has 0 bridgehead atoms. The molecule has 0 aliphatic heterocycles. The molecule has 146 valence electrons. The van der Waals surface area contributed by atoms with E-state index in [0.717, 1.165) is 23.2 Å². The normalized spacial score (nSPS) is 10.8. The molecule has 0 saturated heterocycles. The minimum Gasteiger partial charge on any atom is -0.352 e. The first-order valence-electron chi connectivity index (χ1n) is 9.71. The lowest BCUT2D eigenvalue weighted by Gasteiger charge is -2.05. The van der Waals surface area contributed by atoms with Crippen molar-refractivity contribution in [3.05, 3.63) is 100 Å². The topological polar surface area (TPSA) is 46.9 Å². The molecule has 29 heavy (non-hydrogen) atoms. The Labute approximate surface area is 174 Å². The Morgan fingerprint density at radius 1 is 0.966 bits per heavy atom. The van der Waals surface area contributed by atoms with Gasteiger partial charge in [-0.3, -0.25) is 9.48 Å². The zero-order chi connectivity index (χ0) is 19.9. The molecule has 4 aromatic rings. The molecule has 0 atom stereocenters. The van der Waals surface area contributed by atoms with Crippen molar-refractivity contribution in [3.63, 3.8) is 0 Å². The number of aryl methyl sites for hydroxylation is 1. The van der Waals surface area contributed by atoms with Crippen molar-refractivity contribution in [3.8, 4) is 11.3 Å². The van der Waals surface area contributed by atoms with Crippen LogP contribution in [0.25, 0.3) is 11.3 Å². The fourth-order valence-corrected chi connectivity index (χ4v) is 3.96. The van der Waals surface area contributed by atoms with Crippen LogP contribution in [0.1, 0.15) is 23.1 Å². The number of carbonyl (C=O) groups is 1. The molecule has 1 amide bonds. The second-order valence-corrected chi connectivity index (χ2v) is 7.74. The summed E-state index contributed by atoms with van der Waals surface area (Å²) in [5.41, 5.74) is 5.41. The molecule has 0 radical (unpaired) electrons. The summed E-state index contributed by atoms with van der Waals surface area (Å²) in [6, 6.07) is 22.5. The van der Waals surface area contributed by atoms with Crippen LogP contribution in [0, 0.1) is 0 Å². The van der Waals surface area contributed by atoms with E-state index in [0.29, 0.717) is 19.5 Å². The molecule has 2 aromatic carbocycles. The summed E-state index contributed by atoms with van der Waals surface area (Å²) in [6.07, 6.45) is 3.30. The maximum Gasteiger partial charge on any atom is 0.220 e. The van der Waals surface area contributed by atoms with E-state index in [4.69, 9.17) is 5.10 Å². The first kappa shape index (κ1) is 19.2. The highest BCUT2D eigenvalue weighted by atomic mass is 32.1. The Bertz CT molecular complexity index is 1040. The Morgan fingerprint density at radius 2 is 1.72 bits per heavy atom. The molecule has 0 unspecified atom stereocenters. The number of hydrogen-bond acceptors (Lipinski definition) is 3. The van der Waals surface area contributed by atoms with Crippen molar-refractivity contribution in [1.29, 1.82) is 0 Å². The number of nitrogens with one attached hydrogen (secondary N) is 1. The smallest absolute Gasteiger partial charge is 0.220 e. The van der Waals surface area contributed by atoms with Crippen LogP contribution in [0.2, 0.25) is 0 Å². The number of carbonyl (C=O) groups excluding carboxylic acids is 1. The summed E-state index contributed by atoms with van der Waals surface area (Å²) in [5, 5.41) is 12.0. The summed E-state index contributed by atoms with van der Waals surface area (Å²) in [6.45, 7) is 1.17. The summed E-state index contributed by atoms with van der Waals surface area (Å²) < 4.78 is 1.95. The molecule has 2 heterocycles. The predicted molar refractivity (Wildman–Crippen MR) is 118 cm³/mol. The van der Waals surface area contributed by atoms with Gasteiger partial charge in [0.15, 0.2) is 0 Å². The molecule has 2 aromatic heterocycles. The minimum absolute atomic E-state index is 0.0611. The van der Waals surface area contributed by atoms with Gasteiger partial charge in [0, 0.05) is 30.3 Å². The van der Waals surface area contributed by atoms with Crippen LogP contribution < -0.4 is 5.32 Å². The Hall–Kier alpha value is -3.18. The van der Waals surface area contributed by atoms with Gasteiger partial charge in [-0.1, -0.05) is 60.7 Å². The predicted octanol–water partition coefficient (Wildman–Crippen LogP) is 4.91. The molecular weight excluding hydrogens is 378 g/mol. The molecule has 0 aliphatic carbocycles. The van der Waals surface area contributed by atoms with Crippen LogP contribution in [-0.4, -0.2) is 15.7 Å². The van der Waals surface area contributed by atoms with E-state index in [1.165, 1.54) is 11.1 Å². The molecule has 4 nitrogen and oxygen atoms in total. The molecule has 0 fully saturated rings. The average Bonchev–Trinajstić information content (AvgIpc) is 3.42. The quantitative estimate of drug-likeness (QED) is 0.456. The summed E-state index contributed by atoms with van der Waals surface area (Å²) in [4.78, 5) is 12.3. The SMILES string of the molecule is O=C(CCc1ccsc1)NCc1cn(Cc2ccccc2)nc1-c1ccccc1. The van der Waals surface area contributed by atoms with Gasteiger partial charge >= 0.3 is 0 Å². The number of aromatic nitrogens is 2. The highest BCUT2D eigenvalue weighted by Crippen LogP contribution is 2.22. The van der Waals surface area contributed by atoms with E-state index in [1.54, 1.807) is 11.3 Å². The summed E-state index contributed by atoms with van der Waals surface area (Å²) in [7, 11) is 0. The third-order valence-electron chi connectivity index (χ3n) is 4.77. The lowest BCUT2D eigenvalue weighted by atomic mass is 10.1. The highest BCUT2D eigenvalue weighted by Gasteiger charge is 2.13. The number of thiophene rings is 1. The largest absolute Gasteiger partial charge is 0.352 e. The zero-order valence-corrected chi connectivity index (χ0v) is 16.9. The number of rotatable bonds is 8. The number of hydrogen-bond donors (Lipinski definition) is 1. The second kappa shape index (κ2) is 9.34. The fraction of sp³-hybridized carbons (Fsp3) is 0.167. The van der Waals surface area contributed by atoms with Crippen molar-refractivity contribution >= 4 is 17.2 Å². The van der Waals surface area contributed by atoms with Gasteiger partial charge in [0.05, 0.1) is 12.2 Å². The van der Waals surface area contributed by atoms with E-state index in [1.807, 2.05) is 52.7 Å². The van der Waals surface area contributed by atoms with Crippen LogP contribution in [-0.2, 0) is 24.3 Å². The Morgan fingerprint density at radius 3 is 2.45 bits per heavy atom. The van der Waals surface area contributed by atoms with Crippen LogP contribution in [0.3, 0.4) is 0 Å². The van der Waals surface area contributed by atoms with Crippen molar-refractivity contribution < 1.29 is 4.79 Å². The standard InChI is InChI=1S/C24H23N3OS/c28-23(12-11-20-13-14-29-18-20)25-15-22-17-27(16-19-7-3-1-4-8-19)26-24(22)21-9-5-2-6-10-21/h1-10,13-14,17-18H,11-12,15-16H2,(H,25,28). The van der Waals surface area contributed by atoms with Gasteiger partial charge in [0.2, 0.25) is 5.91 Å². The van der Waals surface area contributed by atoms with Gasteiger partial charge in [-0.05, 0) is 34.4 Å². The van der Waals surface area contributed by atoms with E-state index in [9.17, 15) is 4.79 Å². The third kappa shape index (κ3) is 5.21. The van der Waals surface area contributed by atoms with Crippen LogP contribution in [0.4, 0.5) is 0 Å². The van der Waals surface area contributed by atoms with Crippen molar-refractivity contribution in [1.82, 2.24) is 15.1 Å². The molecule has 0 aliphatic rings. The Balaban J connectivity index is 1.47. The average molecular weight is 402 g/mol. The fourth-order valence-electron chi connectivity index (χ4n) is 3.26. The van der Waals surface area contributed by atoms with Gasteiger partial charge in [-0.15, -0.1) is 0 Å². The third-order valence-corrected chi connectivity index (χ3v) is 5.50. The first-order chi connectivity index (χ1) is 14.3. The second-order valence-electron chi connectivity index (χ2n) is 6.96. The van der Waals surface area contributed by atoms with Crippen molar-refractivity contribution in [2.24, 2.45) is 0 Å². The van der Waals surface area contributed by atoms with Crippen LogP contribution in [0.5, 0.6) is 0 Å². The van der Waals surface area contributed by atoms with Crippen molar-refractivity contribution in [2.45, 2.75) is 25.9 Å². The van der Waals surface area contributed by atoms with Gasteiger partial charge < -0.3 is 5.32 Å². The molecular formula is C24H23N3OS. The summed E-state index contributed by atoms with van der Waals surface area (Å²) >= 11 is 1.66. The maximum atomic E-state index is 12.3. The van der Waals surface area contributed by atoms with Crippen molar-refractivity contribution in [2.75, 3.05) is 0 Å². The lowest BCUT2D eigenvalue weighted by Crippen LogP contribution is -2.23. The first-order valence-corrected chi connectivity index (χ1v) is 10.7. The number of nitrogens with zero attached hydrogens (tertiary/aromatic N) is 2. The van der Waals surface area contributed by atoms with E-state index in [2.05, 4.69) is 41.0 Å². The number of amides is 1. The molecule has 5 heteroatoms. The summed E-state index contributed by atoms with van der Waals surface area (Å²) in [5.74, 6) is 0.0611. The highest BCUT2D eigenvalue weighted by molar-refractivity contribution is 7.07. The van der Waals surface area contributed by atoms with Gasteiger partial charge in [-0.2, -0.15) is 16.4 Å². The van der Waals surface area contributed by atoms with E-state index < -0.39 is 0 Å². The monoisotopic (exact) mass is 401 g/mol. The molecule has 4 rings (SSSR count). The van der Waals surface area contributed by atoms with Gasteiger partial charge in [0.25, 0.3) is 0 Å².